The molecule has 7 heteroatoms. The lowest BCUT2D eigenvalue weighted by molar-refractivity contribution is 0.102. The predicted octanol–water partition coefficient (Wildman–Crippen LogP) is 4.65. The Kier molecular flexibility index (Phi) is 3.73. The average Bonchev–Trinajstić information content (AvgIpc) is 3.37. The highest BCUT2D eigenvalue weighted by Gasteiger charge is 2.32. The highest BCUT2D eigenvalue weighted by atomic mass is 32.1. The molecule has 1 aliphatic rings. The number of aromatic nitrogens is 3. The van der Waals surface area contributed by atoms with Crippen LogP contribution in [0.3, 0.4) is 0 Å². The van der Waals surface area contributed by atoms with Crippen molar-refractivity contribution in [3.8, 4) is 17.1 Å². The number of amides is 1. The summed E-state index contributed by atoms with van der Waals surface area (Å²) in [7, 11) is 0. The van der Waals surface area contributed by atoms with Crippen molar-refractivity contribution in [2.75, 3.05) is 5.32 Å². The van der Waals surface area contributed by atoms with Crippen molar-refractivity contribution in [1.82, 2.24) is 15.0 Å². The minimum Gasteiger partial charge on any atom is -0.486 e. The maximum Gasteiger partial charge on any atom is 0.259 e. The van der Waals surface area contributed by atoms with E-state index in [-0.39, 0.29) is 11.5 Å². The van der Waals surface area contributed by atoms with Crippen molar-refractivity contribution in [1.29, 1.82) is 0 Å². The number of carbonyl (C=O) groups excluding carboxylic acids is 1. The summed E-state index contributed by atoms with van der Waals surface area (Å²) in [6.45, 7) is 4.16. The molecule has 2 N–H and O–H groups in total. The van der Waals surface area contributed by atoms with Crippen LogP contribution >= 0.6 is 11.3 Å². The van der Waals surface area contributed by atoms with Gasteiger partial charge in [-0.2, -0.15) is 0 Å². The SMILES string of the molecule is CC1(C)Cc2cccc(-c3nc4c(C(=O)Nc5nccs5)cccc4[nH]3)c2O1. The molecule has 6 nitrogen and oxygen atoms in total. The Morgan fingerprint density at radius 3 is 2.93 bits per heavy atom. The number of rotatable bonds is 3. The van der Waals surface area contributed by atoms with Crippen LogP contribution in [-0.4, -0.2) is 26.5 Å². The highest BCUT2D eigenvalue weighted by molar-refractivity contribution is 7.13. The van der Waals surface area contributed by atoms with Crippen LogP contribution in [0.2, 0.25) is 0 Å². The molecule has 0 aliphatic carbocycles. The Bertz CT molecular complexity index is 1190. The predicted molar refractivity (Wildman–Crippen MR) is 110 cm³/mol. The molecule has 2 aromatic heterocycles. The van der Waals surface area contributed by atoms with Gasteiger partial charge in [0.1, 0.15) is 22.7 Å². The number of imidazole rings is 1. The molecule has 0 atom stereocenters. The van der Waals surface area contributed by atoms with Crippen LogP contribution in [0.4, 0.5) is 5.13 Å². The third kappa shape index (κ3) is 2.84. The van der Waals surface area contributed by atoms with Gasteiger partial charge >= 0.3 is 0 Å². The average molecular weight is 390 g/mol. The molecule has 5 rings (SSSR count). The fourth-order valence-electron chi connectivity index (χ4n) is 3.59. The third-order valence-electron chi connectivity index (χ3n) is 4.76. The van der Waals surface area contributed by atoms with Crippen molar-refractivity contribution in [2.45, 2.75) is 25.9 Å². The van der Waals surface area contributed by atoms with Crippen LogP contribution in [0.5, 0.6) is 5.75 Å². The number of thiazole rings is 1. The Hall–Kier alpha value is -3.19. The molecule has 0 unspecified atom stereocenters. The minimum atomic E-state index is -0.233. The van der Waals surface area contributed by atoms with E-state index in [1.165, 1.54) is 16.9 Å². The van der Waals surface area contributed by atoms with E-state index < -0.39 is 0 Å². The summed E-state index contributed by atoms with van der Waals surface area (Å²) in [4.78, 5) is 24.9. The van der Waals surface area contributed by atoms with Gasteiger partial charge in [0, 0.05) is 18.0 Å². The van der Waals surface area contributed by atoms with Gasteiger partial charge in [-0.05, 0) is 37.6 Å². The maximum absolute atomic E-state index is 12.7. The van der Waals surface area contributed by atoms with Crippen molar-refractivity contribution < 1.29 is 9.53 Å². The van der Waals surface area contributed by atoms with Gasteiger partial charge in [0.2, 0.25) is 0 Å². The summed E-state index contributed by atoms with van der Waals surface area (Å²) >= 11 is 1.38. The van der Waals surface area contributed by atoms with Gasteiger partial charge in [0.05, 0.1) is 16.6 Å². The molecule has 3 heterocycles. The summed E-state index contributed by atoms with van der Waals surface area (Å²) in [5.41, 5.74) is 3.78. The number of nitrogens with one attached hydrogen (secondary N) is 2. The molecule has 4 aromatic rings. The number of hydrogen-bond donors (Lipinski definition) is 2. The molecule has 0 saturated carbocycles. The fourth-order valence-corrected chi connectivity index (χ4v) is 4.12. The normalized spacial score (nSPS) is 14.6. The van der Waals surface area contributed by atoms with Gasteiger partial charge in [-0.15, -0.1) is 11.3 Å². The molecule has 0 spiro atoms. The van der Waals surface area contributed by atoms with Crippen LogP contribution < -0.4 is 10.1 Å². The number of para-hydroxylation sites is 2. The topological polar surface area (TPSA) is 79.9 Å². The largest absolute Gasteiger partial charge is 0.486 e. The zero-order valence-corrected chi connectivity index (χ0v) is 16.3. The first-order valence-electron chi connectivity index (χ1n) is 9.01. The molecular weight excluding hydrogens is 372 g/mol. The van der Waals surface area contributed by atoms with Gasteiger partial charge < -0.3 is 9.72 Å². The second-order valence-corrected chi connectivity index (χ2v) is 8.31. The number of aromatic amines is 1. The van der Waals surface area contributed by atoms with Crippen molar-refractivity contribution in [3.05, 3.63) is 59.1 Å². The van der Waals surface area contributed by atoms with Crippen LogP contribution in [-0.2, 0) is 6.42 Å². The summed E-state index contributed by atoms with van der Waals surface area (Å²) in [6.07, 6.45) is 2.52. The summed E-state index contributed by atoms with van der Waals surface area (Å²) in [6, 6.07) is 11.6. The Morgan fingerprint density at radius 2 is 2.11 bits per heavy atom. The number of hydrogen-bond acceptors (Lipinski definition) is 5. The molecule has 1 amide bonds. The second-order valence-electron chi connectivity index (χ2n) is 7.41. The van der Waals surface area contributed by atoms with Gasteiger partial charge in [-0.25, -0.2) is 9.97 Å². The van der Waals surface area contributed by atoms with E-state index in [1.54, 1.807) is 12.3 Å². The molecule has 140 valence electrons. The van der Waals surface area contributed by atoms with Crippen LogP contribution in [0.1, 0.15) is 29.8 Å². The molecule has 2 aromatic carbocycles. The first kappa shape index (κ1) is 16.9. The lowest BCUT2D eigenvalue weighted by Gasteiger charge is -2.17. The Morgan fingerprint density at radius 1 is 1.25 bits per heavy atom. The Balaban J connectivity index is 1.57. The van der Waals surface area contributed by atoms with Crippen LogP contribution in [0, 0.1) is 0 Å². The van der Waals surface area contributed by atoms with Crippen LogP contribution in [0.15, 0.2) is 48.0 Å². The molecule has 0 fully saturated rings. The zero-order valence-electron chi connectivity index (χ0n) is 15.4. The molecule has 0 bridgehead atoms. The summed E-state index contributed by atoms with van der Waals surface area (Å²) in [5.74, 6) is 1.33. The number of fused-ring (bicyclic) bond motifs is 2. The highest BCUT2D eigenvalue weighted by Crippen LogP contribution is 2.41. The smallest absolute Gasteiger partial charge is 0.259 e. The van der Waals surface area contributed by atoms with E-state index >= 15 is 0 Å². The van der Waals surface area contributed by atoms with Gasteiger partial charge in [0.25, 0.3) is 5.91 Å². The fraction of sp³-hybridized carbons (Fsp3) is 0.190. The Labute approximate surface area is 165 Å². The van der Waals surface area contributed by atoms with Gasteiger partial charge in [-0.1, -0.05) is 18.2 Å². The number of H-pyrrole nitrogens is 1. The lowest BCUT2D eigenvalue weighted by Crippen LogP contribution is -2.24. The van der Waals surface area contributed by atoms with Gasteiger partial charge in [-0.3, -0.25) is 10.1 Å². The maximum atomic E-state index is 12.7. The molecule has 28 heavy (non-hydrogen) atoms. The molecular formula is C21H18N4O2S. The van der Waals surface area contributed by atoms with E-state index in [9.17, 15) is 4.79 Å². The summed E-state index contributed by atoms with van der Waals surface area (Å²) in [5, 5.41) is 5.21. The quantitative estimate of drug-likeness (QED) is 0.533. The van der Waals surface area contributed by atoms with Crippen molar-refractivity contribution in [2.24, 2.45) is 0 Å². The molecule has 1 aliphatic heterocycles. The second kappa shape index (κ2) is 6.17. The lowest BCUT2D eigenvalue weighted by atomic mass is 10.0. The monoisotopic (exact) mass is 390 g/mol. The number of carbonyl (C=O) groups is 1. The first-order valence-corrected chi connectivity index (χ1v) is 9.89. The molecule has 0 radical (unpaired) electrons. The van der Waals surface area contributed by atoms with Crippen LogP contribution in [0.25, 0.3) is 22.4 Å². The number of benzene rings is 2. The number of ether oxygens (including phenoxy) is 1. The van der Waals surface area contributed by atoms with Crippen molar-refractivity contribution >= 4 is 33.4 Å². The first-order chi connectivity index (χ1) is 13.5. The van der Waals surface area contributed by atoms with E-state index in [2.05, 4.69) is 35.2 Å². The minimum absolute atomic E-state index is 0.228. The number of nitrogens with zero attached hydrogens (tertiary/aromatic N) is 2. The van der Waals surface area contributed by atoms with E-state index in [0.717, 1.165) is 23.3 Å². The zero-order chi connectivity index (χ0) is 19.3. The van der Waals surface area contributed by atoms with E-state index in [1.807, 2.05) is 29.6 Å². The van der Waals surface area contributed by atoms with E-state index in [0.29, 0.717) is 22.0 Å². The van der Waals surface area contributed by atoms with E-state index in [4.69, 9.17) is 9.72 Å². The third-order valence-corrected chi connectivity index (χ3v) is 5.44. The van der Waals surface area contributed by atoms with Crippen molar-refractivity contribution in [3.63, 3.8) is 0 Å². The molecule has 0 saturated heterocycles. The standard InChI is InChI=1S/C21H18N4O2S/c1-21(2)11-12-5-3-7-14(17(12)27-21)18-23-15-8-4-6-13(16(15)24-18)19(26)25-20-22-9-10-28-20/h3-10H,11H2,1-2H3,(H,23,24)(H,22,25,26). The summed E-state index contributed by atoms with van der Waals surface area (Å²) < 4.78 is 6.18. The number of anilines is 1. The van der Waals surface area contributed by atoms with Gasteiger partial charge in [0.15, 0.2) is 5.13 Å².